The highest BCUT2D eigenvalue weighted by atomic mass is 79.9. The molecule has 60 valence electrons. The van der Waals surface area contributed by atoms with Crippen LogP contribution in [0.25, 0.3) is 0 Å². The lowest BCUT2D eigenvalue weighted by molar-refractivity contribution is 1.32. The Kier molecular flexibility index (Phi) is 3.36. The molecule has 1 rings (SSSR count). The van der Waals surface area contributed by atoms with Gasteiger partial charge >= 0.3 is 0 Å². The van der Waals surface area contributed by atoms with Gasteiger partial charge in [-0.1, -0.05) is 31.9 Å². The molecule has 0 unspecified atom stereocenters. The van der Waals surface area contributed by atoms with Gasteiger partial charge in [-0.3, -0.25) is 5.84 Å². The van der Waals surface area contributed by atoms with Gasteiger partial charge in [-0.15, -0.1) is 0 Å². The smallest absolute Gasteiger partial charge is 0.0499 e. The summed E-state index contributed by atoms with van der Waals surface area (Å²) in [5, 5.41) is 0.834. The first kappa shape index (κ1) is 9.03. The van der Waals surface area contributed by atoms with Crippen molar-refractivity contribution in [3.8, 4) is 0 Å². The summed E-state index contributed by atoms with van der Waals surface area (Å²) in [6.45, 7) is 0. The normalized spacial score (nSPS) is 9.73. The molecule has 0 aliphatic heterocycles. The number of nitrogens with two attached hydrogens (primary N) is 1. The van der Waals surface area contributed by atoms with Gasteiger partial charge in [-0.25, -0.2) is 0 Å². The first-order chi connectivity index (χ1) is 5.26. The fraction of sp³-hybridized carbons (Fsp3) is 0.143. The van der Waals surface area contributed by atoms with Crippen LogP contribution in [0.15, 0.2) is 22.7 Å². The van der Waals surface area contributed by atoms with E-state index in [1.54, 1.807) is 0 Å². The standard InChI is InChI=1S/C7H8Br2N2/c8-4-5-1-6(9)3-7(2-5)11-10/h1-3,11H,4,10H2. The Hall–Kier alpha value is -0.0600. The van der Waals surface area contributed by atoms with Crippen molar-refractivity contribution in [2.45, 2.75) is 5.33 Å². The van der Waals surface area contributed by atoms with Crippen LogP contribution in [-0.2, 0) is 5.33 Å². The van der Waals surface area contributed by atoms with Gasteiger partial charge in [0.05, 0.1) is 0 Å². The van der Waals surface area contributed by atoms with Gasteiger partial charge in [0.15, 0.2) is 0 Å². The molecule has 1 aromatic rings. The van der Waals surface area contributed by atoms with E-state index in [1.807, 2.05) is 18.2 Å². The van der Waals surface area contributed by atoms with Crippen LogP contribution in [0.2, 0.25) is 0 Å². The van der Waals surface area contributed by atoms with Crippen molar-refractivity contribution >= 4 is 37.5 Å². The Labute approximate surface area is 82.4 Å². The predicted molar refractivity (Wildman–Crippen MR) is 54.6 cm³/mol. The molecule has 0 saturated heterocycles. The third-order valence-electron chi connectivity index (χ3n) is 1.28. The minimum absolute atomic E-state index is 0.834. The summed E-state index contributed by atoms with van der Waals surface area (Å²) >= 11 is 6.74. The van der Waals surface area contributed by atoms with E-state index in [2.05, 4.69) is 37.3 Å². The largest absolute Gasteiger partial charge is 0.324 e. The number of halogens is 2. The fourth-order valence-electron chi connectivity index (χ4n) is 0.811. The fourth-order valence-corrected chi connectivity index (χ4v) is 1.68. The molecular formula is C7H8Br2N2. The Morgan fingerprint density at radius 1 is 1.36 bits per heavy atom. The van der Waals surface area contributed by atoms with Gasteiger partial charge in [0.2, 0.25) is 0 Å². The Bertz CT molecular complexity index is 228. The summed E-state index contributed by atoms with van der Waals surface area (Å²) in [4.78, 5) is 0. The van der Waals surface area contributed by atoms with E-state index < -0.39 is 0 Å². The predicted octanol–water partition coefficient (Wildman–Crippen LogP) is 2.63. The molecule has 0 heterocycles. The van der Waals surface area contributed by atoms with Crippen molar-refractivity contribution in [3.05, 3.63) is 28.2 Å². The quantitative estimate of drug-likeness (QED) is 0.496. The number of nitrogens with one attached hydrogen (secondary N) is 1. The first-order valence-electron chi connectivity index (χ1n) is 3.08. The molecular weight excluding hydrogens is 272 g/mol. The Morgan fingerprint density at radius 2 is 2.09 bits per heavy atom. The van der Waals surface area contributed by atoms with Gasteiger partial charge in [-0.2, -0.15) is 0 Å². The van der Waals surface area contributed by atoms with Crippen molar-refractivity contribution in [1.82, 2.24) is 0 Å². The van der Waals surface area contributed by atoms with Crippen LogP contribution in [-0.4, -0.2) is 0 Å². The van der Waals surface area contributed by atoms with Crippen LogP contribution < -0.4 is 11.3 Å². The van der Waals surface area contributed by atoms with Gasteiger partial charge < -0.3 is 5.43 Å². The molecule has 3 N–H and O–H groups in total. The van der Waals surface area contributed by atoms with E-state index in [1.165, 1.54) is 5.56 Å². The number of benzene rings is 1. The van der Waals surface area contributed by atoms with Crippen LogP contribution in [0.3, 0.4) is 0 Å². The second kappa shape index (κ2) is 4.09. The third-order valence-corrected chi connectivity index (χ3v) is 2.38. The lowest BCUT2D eigenvalue weighted by Gasteiger charge is -2.02. The number of alkyl halides is 1. The SMILES string of the molecule is NNc1cc(Br)cc(CBr)c1. The summed E-state index contributed by atoms with van der Waals surface area (Å²) in [5.74, 6) is 5.26. The summed E-state index contributed by atoms with van der Waals surface area (Å²) in [6, 6.07) is 5.95. The van der Waals surface area contributed by atoms with E-state index in [4.69, 9.17) is 5.84 Å². The zero-order chi connectivity index (χ0) is 8.27. The first-order valence-corrected chi connectivity index (χ1v) is 4.99. The molecule has 0 radical (unpaired) electrons. The van der Waals surface area contributed by atoms with E-state index >= 15 is 0 Å². The molecule has 0 aliphatic rings. The Morgan fingerprint density at radius 3 is 2.64 bits per heavy atom. The maximum Gasteiger partial charge on any atom is 0.0499 e. The van der Waals surface area contributed by atoms with Gasteiger partial charge in [-0.05, 0) is 23.8 Å². The van der Waals surface area contributed by atoms with E-state index in [9.17, 15) is 0 Å². The number of hydrazine groups is 1. The minimum atomic E-state index is 0.834. The third kappa shape index (κ3) is 2.47. The molecule has 0 aliphatic carbocycles. The average molecular weight is 280 g/mol. The highest BCUT2D eigenvalue weighted by molar-refractivity contribution is 9.10. The van der Waals surface area contributed by atoms with Gasteiger partial charge in [0, 0.05) is 15.5 Å². The number of anilines is 1. The molecule has 0 aromatic heterocycles. The number of rotatable bonds is 2. The van der Waals surface area contributed by atoms with Crippen molar-refractivity contribution in [2.24, 2.45) is 5.84 Å². The monoisotopic (exact) mass is 278 g/mol. The maximum absolute atomic E-state index is 5.26. The molecule has 0 atom stereocenters. The van der Waals surface area contributed by atoms with Crippen molar-refractivity contribution in [1.29, 1.82) is 0 Å². The number of nitrogen functional groups attached to an aromatic ring is 1. The number of hydrogen-bond acceptors (Lipinski definition) is 2. The highest BCUT2D eigenvalue weighted by Crippen LogP contribution is 2.20. The molecule has 0 spiro atoms. The van der Waals surface area contributed by atoms with Crippen LogP contribution in [0.4, 0.5) is 5.69 Å². The zero-order valence-corrected chi connectivity index (χ0v) is 8.94. The lowest BCUT2D eigenvalue weighted by Crippen LogP contribution is -2.06. The molecule has 1 aromatic carbocycles. The molecule has 0 amide bonds. The lowest BCUT2D eigenvalue weighted by atomic mass is 10.2. The van der Waals surface area contributed by atoms with Crippen LogP contribution in [0.5, 0.6) is 0 Å². The van der Waals surface area contributed by atoms with E-state index in [0.717, 1.165) is 15.5 Å². The van der Waals surface area contributed by atoms with E-state index in [0.29, 0.717) is 0 Å². The summed E-state index contributed by atoms with van der Waals surface area (Å²) in [6.07, 6.45) is 0. The van der Waals surface area contributed by atoms with E-state index in [-0.39, 0.29) is 0 Å². The topological polar surface area (TPSA) is 38.0 Å². The maximum atomic E-state index is 5.26. The summed E-state index contributed by atoms with van der Waals surface area (Å²) in [7, 11) is 0. The average Bonchev–Trinajstić information content (AvgIpc) is 2.03. The second-order valence-electron chi connectivity index (χ2n) is 2.13. The second-order valence-corrected chi connectivity index (χ2v) is 3.60. The Balaban J connectivity index is 3.02. The molecule has 0 bridgehead atoms. The zero-order valence-electron chi connectivity index (χ0n) is 5.77. The van der Waals surface area contributed by atoms with Crippen LogP contribution >= 0.6 is 31.9 Å². The molecule has 2 nitrogen and oxygen atoms in total. The molecule has 0 fully saturated rings. The van der Waals surface area contributed by atoms with Crippen molar-refractivity contribution < 1.29 is 0 Å². The van der Waals surface area contributed by atoms with Crippen LogP contribution in [0, 0.1) is 0 Å². The minimum Gasteiger partial charge on any atom is -0.324 e. The van der Waals surface area contributed by atoms with Gasteiger partial charge in [0.1, 0.15) is 0 Å². The van der Waals surface area contributed by atoms with Gasteiger partial charge in [0.25, 0.3) is 0 Å². The summed E-state index contributed by atoms with van der Waals surface area (Å²) in [5.41, 5.74) is 4.69. The van der Waals surface area contributed by atoms with Crippen molar-refractivity contribution in [2.75, 3.05) is 5.43 Å². The number of hydrogen-bond donors (Lipinski definition) is 2. The molecule has 11 heavy (non-hydrogen) atoms. The molecule has 0 saturated carbocycles. The molecule has 4 heteroatoms. The van der Waals surface area contributed by atoms with Crippen LogP contribution in [0.1, 0.15) is 5.56 Å². The summed E-state index contributed by atoms with van der Waals surface area (Å²) < 4.78 is 1.03. The highest BCUT2D eigenvalue weighted by Gasteiger charge is 1.95. The van der Waals surface area contributed by atoms with Crippen molar-refractivity contribution in [3.63, 3.8) is 0 Å².